The molecule has 8 heteroatoms. The molecule has 1 aliphatic rings. The Bertz CT molecular complexity index is 1310. The number of rotatable bonds is 10. The van der Waals surface area contributed by atoms with Crippen LogP contribution in [-0.4, -0.2) is 60.8 Å². The van der Waals surface area contributed by atoms with Crippen molar-refractivity contribution in [1.82, 2.24) is 4.90 Å². The maximum Gasteiger partial charge on any atom is 0.410 e. The van der Waals surface area contributed by atoms with Gasteiger partial charge in [-0.3, -0.25) is 0 Å². The number of hydrogen-bond acceptors (Lipinski definition) is 7. The molecule has 0 saturated carbocycles. The van der Waals surface area contributed by atoms with E-state index in [1.165, 1.54) is 7.11 Å². The minimum atomic E-state index is -0.637. The minimum Gasteiger partial charge on any atom is -0.507 e. The van der Waals surface area contributed by atoms with Gasteiger partial charge in [-0.25, -0.2) is 9.59 Å². The molecule has 42 heavy (non-hydrogen) atoms. The number of carbonyl (C=O) groups excluding carboxylic acids is 2. The summed E-state index contributed by atoms with van der Waals surface area (Å²) in [6, 6.07) is 22.7. The highest BCUT2D eigenvalue weighted by Gasteiger charge is 2.28. The first kappa shape index (κ1) is 31.1. The van der Waals surface area contributed by atoms with Crippen molar-refractivity contribution in [2.75, 3.05) is 26.8 Å². The molecular weight excluding hydrogens is 534 g/mol. The van der Waals surface area contributed by atoms with Crippen molar-refractivity contribution in [1.29, 1.82) is 0 Å². The second kappa shape index (κ2) is 14.3. The number of aromatic hydroxyl groups is 1. The SMILES string of the molecule is COC(=O)c1ccc(-c2ccc(CCN(C[C@@H](OC3CCCCO3)c3ccccc3)C(=O)OC(C)(C)C)cc2)cc1O. The predicted molar refractivity (Wildman–Crippen MR) is 160 cm³/mol. The maximum absolute atomic E-state index is 13.4. The Morgan fingerprint density at radius 2 is 1.71 bits per heavy atom. The Labute approximate surface area is 248 Å². The highest BCUT2D eigenvalue weighted by Crippen LogP contribution is 2.28. The van der Waals surface area contributed by atoms with Crippen LogP contribution < -0.4 is 0 Å². The number of amides is 1. The molecule has 3 aromatic carbocycles. The summed E-state index contributed by atoms with van der Waals surface area (Å²) in [5.41, 5.74) is 3.16. The highest BCUT2D eigenvalue weighted by molar-refractivity contribution is 5.93. The quantitative estimate of drug-likeness (QED) is 0.263. The lowest BCUT2D eigenvalue weighted by Gasteiger charge is -2.33. The predicted octanol–water partition coefficient (Wildman–Crippen LogP) is 6.91. The summed E-state index contributed by atoms with van der Waals surface area (Å²) in [6.45, 7) is 7.01. The van der Waals surface area contributed by atoms with Gasteiger partial charge in [-0.15, -0.1) is 0 Å². The van der Waals surface area contributed by atoms with Gasteiger partial charge < -0.3 is 29.0 Å². The smallest absolute Gasteiger partial charge is 0.410 e. The number of methoxy groups -OCH3 is 1. The van der Waals surface area contributed by atoms with E-state index in [4.69, 9.17) is 18.9 Å². The van der Waals surface area contributed by atoms with Crippen LogP contribution >= 0.6 is 0 Å². The molecule has 2 atom stereocenters. The van der Waals surface area contributed by atoms with E-state index in [9.17, 15) is 14.7 Å². The fraction of sp³-hybridized carbons (Fsp3) is 0.412. The van der Waals surface area contributed by atoms with E-state index in [0.29, 0.717) is 26.1 Å². The molecule has 1 heterocycles. The van der Waals surface area contributed by atoms with Crippen LogP contribution in [0.3, 0.4) is 0 Å². The van der Waals surface area contributed by atoms with E-state index < -0.39 is 17.7 Å². The van der Waals surface area contributed by atoms with Gasteiger partial charge in [-0.2, -0.15) is 0 Å². The van der Waals surface area contributed by atoms with Gasteiger partial charge in [0.15, 0.2) is 6.29 Å². The third-order valence-corrected chi connectivity index (χ3v) is 7.02. The average molecular weight is 576 g/mol. The fourth-order valence-corrected chi connectivity index (χ4v) is 4.80. The number of carbonyl (C=O) groups is 2. The van der Waals surface area contributed by atoms with Crippen molar-refractivity contribution in [2.24, 2.45) is 0 Å². The normalized spacial score (nSPS) is 16.0. The van der Waals surface area contributed by atoms with Gasteiger partial charge in [0, 0.05) is 13.2 Å². The molecule has 224 valence electrons. The van der Waals surface area contributed by atoms with Gasteiger partial charge in [0.05, 0.1) is 13.7 Å². The molecule has 1 fully saturated rings. The Morgan fingerprint density at radius 1 is 1.00 bits per heavy atom. The van der Waals surface area contributed by atoms with E-state index in [2.05, 4.69) is 0 Å². The molecule has 1 saturated heterocycles. The van der Waals surface area contributed by atoms with Gasteiger partial charge in [-0.1, -0.05) is 60.7 Å². The van der Waals surface area contributed by atoms with Crippen LogP contribution in [0.15, 0.2) is 72.8 Å². The van der Waals surface area contributed by atoms with Gasteiger partial charge >= 0.3 is 12.1 Å². The van der Waals surface area contributed by atoms with Crippen LogP contribution in [0.4, 0.5) is 4.79 Å². The van der Waals surface area contributed by atoms with Crippen molar-refractivity contribution in [3.05, 3.63) is 89.5 Å². The van der Waals surface area contributed by atoms with Crippen LogP contribution in [0.1, 0.15) is 67.6 Å². The van der Waals surface area contributed by atoms with Crippen molar-refractivity contribution in [3.63, 3.8) is 0 Å². The highest BCUT2D eigenvalue weighted by atomic mass is 16.7. The summed E-state index contributed by atoms with van der Waals surface area (Å²) in [7, 11) is 1.28. The molecule has 3 aromatic rings. The van der Waals surface area contributed by atoms with Crippen LogP contribution in [0.25, 0.3) is 11.1 Å². The number of nitrogens with zero attached hydrogens (tertiary/aromatic N) is 1. The van der Waals surface area contributed by atoms with E-state index in [1.807, 2.05) is 75.4 Å². The Morgan fingerprint density at radius 3 is 2.33 bits per heavy atom. The number of esters is 1. The molecule has 1 aliphatic heterocycles. The minimum absolute atomic E-state index is 0.118. The summed E-state index contributed by atoms with van der Waals surface area (Å²) in [6.07, 6.45) is 2.43. The zero-order valence-corrected chi connectivity index (χ0v) is 24.9. The first-order valence-corrected chi connectivity index (χ1v) is 14.4. The van der Waals surface area contributed by atoms with Crippen molar-refractivity contribution >= 4 is 12.1 Å². The van der Waals surface area contributed by atoms with E-state index in [0.717, 1.165) is 41.5 Å². The molecule has 0 spiro atoms. The number of phenols is 1. The van der Waals surface area contributed by atoms with E-state index >= 15 is 0 Å². The van der Waals surface area contributed by atoms with Crippen LogP contribution in [0.5, 0.6) is 5.75 Å². The van der Waals surface area contributed by atoms with Gasteiger partial charge in [0.1, 0.15) is 23.0 Å². The number of benzene rings is 3. The molecular formula is C34H41NO7. The second-order valence-electron chi connectivity index (χ2n) is 11.4. The standard InChI is InChI=1S/C34H41NO7/c1-34(2,3)42-33(38)35(23-30(26-10-6-5-7-11-26)41-31-12-8-9-21-40-31)20-19-24-13-15-25(16-14-24)27-17-18-28(29(36)22-27)32(37)39-4/h5-7,10-11,13-18,22,30-31,36H,8-9,12,19-21,23H2,1-4H3/t30-,31?/m1/s1. The molecule has 1 amide bonds. The van der Waals surface area contributed by atoms with Crippen LogP contribution in [-0.2, 0) is 25.4 Å². The Hall–Kier alpha value is -3.88. The second-order valence-corrected chi connectivity index (χ2v) is 11.4. The summed E-state index contributed by atoms with van der Waals surface area (Å²) in [5.74, 6) is -0.722. The van der Waals surface area contributed by atoms with Crippen LogP contribution in [0.2, 0.25) is 0 Å². The lowest BCUT2D eigenvalue weighted by molar-refractivity contribution is -0.192. The molecule has 0 bridgehead atoms. The average Bonchev–Trinajstić information content (AvgIpc) is 2.98. The molecule has 4 rings (SSSR count). The molecule has 8 nitrogen and oxygen atoms in total. The van der Waals surface area contributed by atoms with Gasteiger partial charge in [0.25, 0.3) is 0 Å². The number of hydrogen-bond donors (Lipinski definition) is 1. The molecule has 0 radical (unpaired) electrons. The van der Waals surface area contributed by atoms with Crippen molar-refractivity contribution in [2.45, 2.75) is 64.4 Å². The molecule has 0 aliphatic carbocycles. The number of ether oxygens (including phenoxy) is 4. The Balaban J connectivity index is 1.49. The van der Waals surface area contributed by atoms with Gasteiger partial charge in [-0.05, 0) is 80.8 Å². The third kappa shape index (κ3) is 8.81. The third-order valence-electron chi connectivity index (χ3n) is 7.02. The first-order valence-electron chi connectivity index (χ1n) is 14.4. The number of phenolic OH excluding ortho intramolecular Hbond substituents is 1. The zero-order chi connectivity index (χ0) is 30.1. The lowest BCUT2D eigenvalue weighted by Crippen LogP contribution is -2.41. The van der Waals surface area contributed by atoms with Gasteiger partial charge in [0.2, 0.25) is 0 Å². The van der Waals surface area contributed by atoms with Crippen LogP contribution in [0, 0.1) is 0 Å². The summed E-state index contributed by atoms with van der Waals surface area (Å²) >= 11 is 0. The summed E-state index contributed by atoms with van der Waals surface area (Å²) in [4.78, 5) is 26.9. The molecule has 1 N–H and O–H groups in total. The molecule has 0 aromatic heterocycles. The van der Waals surface area contributed by atoms with E-state index in [1.54, 1.807) is 23.1 Å². The lowest BCUT2D eigenvalue weighted by atomic mass is 10.0. The zero-order valence-electron chi connectivity index (χ0n) is 24.9. The molecule has 1 unspecified atom stereocenters. The monoisotopic (exact) mass is 575 g/mol. The maximum atomic E-state index is 13.4. The first-order chi connectivity index (χ1) is 20.1. The summed E-state index contributed by atoms with van der Waals surface area (Å²) < 4.78 is 22.8. The topological polar surface area (TPSA) is 94.5 Å². The summed E-state index contributed by atoms with van der Waals surface area (Å²) in [5, 5.41) is 10.3. The fourth-order valence-electron chi connectivity index (χ4n) is 4.80. The largest absolute Gasteiger partial charge is 0.507 e. The van der Waals surface area contributed by atoms with Crippen molar-refractivity contribution in [3.8, 4) is 16.9 Å². The van der Waals surface area contributed by atoms with E-state index in [-0.39, 0.29) is 23.7 Å². The van der Waals surface area contributed by atoms with Crippen molar-refractivity contribution < 1.29 is 33.6 Å². The Kier molecular flexibility index (Phi) is 10.6.